The fraction of sp³-hybridized carbons (Fsp3) is 0.533. The molecule has 0 aromatic heterocycles. The van der Waals surface area contributed by atoms with Gasteiger partial charge in [-0.2, -0.15) is 0 Å². The first-order valence-electron chi connectivity index (χ1n) is 6.60. The highest BCUT2D eigenvalue weighted by Gasteiger charge is 2.18. The van der Waals surface area contributed by atoms with Crippen LogP contribution in [0.15, 0.2) is 18.2 Å². The van der Waals surface area contributed by atoms with Gasteiger partial charge in [0.05, 0.1) is 0 Å². The second kappa shape index (κ2) is 7.04. The van der Waals surface area contributed by atoms with Crippen LogP contribution in [-0.4, -0.2) is 18.6 Å². The zero-order valence-corrected chi connectivity index (χ0v) is 11.7. The van der Waals surface area contributed by atoms with E-state index in [1.54, 1.807) is 0 Å². The van der Waals surface area contributed by atoms with Crippen molar-refractivity contribution in [3.05, 3.63) is 29.3 Å². The number of rotatable bonds is 6. The van der Waals surface area contributed by atoms with Crippen molar-refractivity contribution in [1.82, 2.24) is 5.32 Å². The highest BCUT2D eigenvalue weighted by atomic mass is 16.5. The monoisotopic (exact) mass is 249 g/mol. The molecule has 0 aliphatic carbocycles. The molecule has 0 spiro atoms. The van der Waals surface area contributed by atoms with E-state index in [0.29, 0.717) is 13.0 Å². The van der Waals surface area contributed by atoms with Crippen LogP contribution in [0.5, 0.6) is 5.75 Å². The van der Waals surface area contributed by atoms with Gasteiger partial charge in [0.1, 0.15) is 5.75 Å². The summed E-state index contributed by atoms with van der Waals surface area (Å²) in [5, 5.41) is 2.87. The number of benzene rings is 1. The van der Waals surface area contributed by atoms with Crippen LogP contribution in [0.3, 0.4) is 0 Å². The predicted octanol–water partition coefficient (Wildman–Crippen LogP) is 2.99. The van der Waals surface area contributed by atoms with E-state index in [1.807, 2.05) is 45.9 Å². The first-order chi connectivity index (χ1) is 8.60. The van der Waals surface area contributed by atoms with Gasteiger partial charge < -0.3 is 10.1 Å². The van der Waals surface area contributed by atoms with Crippen LogP contribution in [0, 0.1) is 13.8 Å². The zero-order chi connectivity index (χ0) is 13.5. The summed E-state index contributed by atoms with van der Waals surface area (Å²) in [5.74, 6) is 0.772. The Labute approximate surface area is 110 Å². The summed E-state index contributed by atoms with van der Waals surface area (Å²) in [6.45, 7) is 8.75. The van der Waals surface area contributed by atoms with Gasteiger partial charge >= 0.3 is 0 Å². The summed E-state index contributed by atoms with van der Waals surface area (Å²) in [4.78, 5) is 11.9. The Bertz CT molecular complexity index is 401. The highest BCUT2D eigenvalue weighted by molar-refractivity contribution is 5.81. The molecule has 0 fully saturated rings. The number of carbonyl (C=O) groups excluding carboxylic acids is 1. The molecule has 0 unspecified atom stereocenters. The molecule has 0 radical (unpaired) electrons. The van der Waals surface area contributed by atoms with Gasteiger partial charge in [0.2, 0.25) is 0 Å². The van der Waals surface area contributed by atoms with E-state index in [1.165, 1.54) is 5.56 Å². The molecule has 1 N–H and O–H groups in total. The molecule has 1 aromatic rings. The summed E-state index contributed by atoms with van der Waals surface area (Å²) >= 11 is 0. The lowest BCUT2D eigenvalue weighted by atomic mass is 10.1. The van der Waals surface area contributed by atoms with E-state index >= 15 is 0 Å². The molecule has 0 heterocycles. The Morgan fingerprint density at radius 2 is 2.06 bits per heavy atom. The molecular weight excluding hydrogens is 226 g/mol. The van der Waals surface area contributed by atoms with Crippen LogP contribution in [0.2, 0.25) is 0 Å². The molecule has 1 aromatic carbocycles. The maximum atomic E-state index is 11.9. The number of aryl methyl sites for hydroxylation is 1. The summed E-state index contributed by atoms with van der Waals surface area (Å²) < 4.78 is 5.82. The Morgan fingerprint density at radius 1 is 1.33 bits per heavy atom. The van der Waals surface area contributed by atoms with Crippen molar-refractivity contribution in [3.63, 3.8) is 0 Å². The molecule has 0 saturated heterocycles. The van der Waals surface area contributed by atoms with Crippen molar-refractivity contribution in [2.75, 3.05) is 6.54 Å². The molecule has 0 aliphatic heterocycles. The van der Waals surface area contributed by atoms with Crippen molar-refractivity contribution in [2.45, 2.75) is 46.6 Å². The molecule has 0 aliphatic rings. The predicted molar refractivity (Wildman–Crippen MR) is 73.9 cm³/mol. The van der Waals surface area contributed by atoms with Crippen molar-refractivity contribution >= 4 is 5.91 Å². The van der Waals surface area contributed by atoms with Gasteiger partial charge in [0, 0.05) is 6.54 Å². The van der Waals surface area contributed by atoms with Gasteiger partial charge in [0.15, 0.2) is 6.10 Å². The van der Waals surface area contributed by atoms with Crippen LogP contribution in [0.1, 0.15) is 37.8 Å². The number of hydrogen-bond donors (Lipinski definition) is 1. The second-order valence-corrected chi connectivity index (χ2v) is 4.50. The molecule has 3 nitrogen and oxygen atoms in total. The van der Waals surface area contributed by atoms with Gasteiger partial charge in [0.25, 0.3) is 5.91 Å². The molecule has 1 rings (SSSR count). The minimum atomic E-state index is -0.406. The van der Waals surface area contributed by atoms with Crippen molar-refractivity contribution in [3.8, 4) is 5.75 Å². The minimum Gasteiger partial charge on any atom is -0.480 e. The SMILES string of the molecule is CCCNC(=O)[C@@H](CC)Oc1cccc(C)c1C. The standard InChI is InChI=1S/C15H23NO2/c1-5-10-16-15(17)13(6-2)18-14-9-7-8-11(3)12(14)4/h7-9,13H,5-6,10H2,1-4H3,(H,16,17)/t13-/m1/s1. The smallest absolute Gasteiger partial charge is 0.261 e. The fourth-order valence-corrected chi connectivity index (χ4v) is 1.69. The van der Waals surface area contributed by atoms with E-state index in [4.69, 9.17) is 4.74 Å². The highest BCUT2D eigenvalue weighted by Crippen LogP contribution is 2.22. The lowest BCUT2D eigenvalue weighted by Gasteiger charge is -2.19. The lowest BCUT2D eigenvalue weighted by Crippen LogP contribution is -2.38. The lowest BCUT2D eigenvalue weighted by molar-refractivity contribution is -0.128. The Morgan fingerprint density at radius 3 is 2.67 bits per heavy atom. The van der Waals surface area contributed by atoms with E-state index in [9.17, 15) is 4.79 Å². The number of hydrogen-bond acceptors (Lipinski definition) is 2. The quantitative estimate of drug-likeness (QED) is 0.841. The third kappa shape index (κ3) is 3.76. The Hall–Kier alpha value is -1.51. The summed E-state index contributed by atoms with van der Waals surface area (Å²) in [6.07, 6.45) is 1.20. The van der Waals surface area contributed by atoms with Crippen LogP contribution >= 0.6 is 0 Å². The molecule has 18 heavy (non-hydrogen) atoms. The summed E-state index contributed by atoms with van der Waals surface area (Å²) in [7, 11) is 0. The maximum absolute atomic E-state index is 11.9. The first-order valence-corrected chi connectivity index (χ1v) is 6.60. The number of amides is 1. The summed E-state index contributed by atoms with van der Waals surface area (Å²) in [5.41, 5.74) is 2.27. The number of nitrogens with one attached hydrogen (secondary N) is 1. The fourth-order valence-electron chi connectivity index (χ4n) is 1.69. The van der Waals surface area contributed by atoms with Gasteiger partial charge in [-0.25, -0.2) is 0 Å². The van der Waals surface area contributed by atoms with Crippen molar-refractivity contribution < 1.29 is 9.53 Å². The zero-order valence-electron chi connectivity index (χ0n) is 11.7. The number of ether oxygens (including phenoxy) is 1. The second-order valence-electron chi connectivity index (χ2n) is 4.50. The van der Waals surface area contributed by atoms with E-state index in [0.717, 1.165) is 17.7 Å². The molecule has 0 bridgehead atoms. The van der Waals surface area contributed by atoms with Crippen molar-refractivity contribution in [1.29, 1.82) is 0 Å². The first kappa shape index (κ1) is 14.6. The molecule has 100 valence electrons. The van der Waals surface area contributed by atoms with Gasteiger partial charge in [-0.15, -0.1) is 0 Å². The molecule has 1 atom stereocenters. The number of carbonyl (C=O) groups is 1. The van der Waals surface area contributed by atoms with Crippen molar-refractivity contribution in [2.24, 2.45) is 0 Å². The van der Waals surface area contributed by atoms with Crippen LogP contribution in [0.4, 0.5) is 0 Å². The average molecular weight is 249 g/mol. The average Bonchev–Trinajstić information content (AvgIpc) is 2.37. The summed E-state index contributed by atoms with van der Waals surface area (Å²) in [6, 6.07) is 5.91. The van der Waals surface area contributed by atoms with Crippen LogP contribution in [-0.2, 0) is 4.79 Å². The molecule has 1 amide bonds. The minimum absolute atomic E-state index is 0.0275. The molecule has 3 heteroatoms. The third-order valence-corrected chi connectivity index (χ3v) is 3.04. The molecule has 0 saturated carbocycles. The van der Waals surface area contributed by atoms with E-state index in [2.05, 4.69) is 5.32 Å². The van der Waals surface area contributed by atoms with E-state index < -0.39 is 6.10 Å². The third-order valence-electron chi connectivity index (χ3n) is 3.04. The Balaban J connectivity index is 2.73. The van der Waals surface area contributed by atoms with E-state index in [-0.39, 0.29) is 5.91 Å². The van der Waals surface area contributed by atoms with Crippen LogP contribution in [0.25, 0.3) is 0 Å². The normalized spacial score (nSPS) is 12.0. The largest absolute Gasteiger partial charge is 0.480 e. The van der Waals surface area contributed by atoms with Gasteiger partial charge in [-0.05, 0) is 43.9 Å². The van der Waals surface area contributed by atoms with Gasteiger partial charge in [-0.1, -0.05) is 26.0 Å². The van der Waals surface area contributed by atoms with Crippen LogP contribution < -0.4 is 10.1 Å². The Kier molecular flexibility index (Phi) is 5.69. The molecular formula is C15H23NO2. The maximum Gasteiger partial charge on any atom is 0.261 e. The van der Waals surface area contributed by atoms with Gasteiger partial charge in [-0.3, -0.25) is 4.79 Å². The topological polar surface area (TPSA) is 38.3 Å².